The fourth-order valence-corrected chi connectivity index (χ4v) is 16.9. The predicted octanol–water partition coefficient (Wildman–Crippen LogP) is -2.38. The van der Waals surface area contributed by atoms with Crippen molar-refractivity contribution in [3.05, 3.63) is 23.8 Å². The van der Waals surface area contributed by atoms with Gasteiger partial charge in [-0.1, -0.05) is 58.4 Å². The lowest BCUT2D eigenvalue weighted by molar-refractivity contribution is -0.361. The number of aliphatic hydroxyl groups excluding tert-OH is 14. The zero-order chi connectivity index (χ0) is 59.5. The lowest BCUT2D eigenvalue weighted by Gasteiger charge is -2.71. The molecule has 4 saturated carbocycles. The highest BCUT2D eigenvalue weighted by atomic mass is 16.8. The summed E-state index contributed by atoms with van der Waals surface area (Å²) in [6, 6.07) is 0. The number of carbonyl (C=O) groups excluding carboxylic acids is 1. The molecule has 0 aromatic rings. The van der Waals surface area contributed by atoms with E-state index in [-0.39, 0.29) is 53.3 Å². The van der Waals surface area contributed by atoms with Crippen LogP contribution >= 0.6 is 0 Å². The minimum atomic E-state index is -1.89. The maximum absolute atomic E-state index is 15.1. The zero-order valence-electron chi connectivity index (χ0n) is 47.5. The van der Waals surface area contributed by atoms with Crippen LogP contribution in [0.5, 0.6) is 0 Å². The largest absolute Gasteiger partial charge is 0.432 e. The molecule has 5 aliphatic heterocycles. The molecule has 5 saturated heterocycles. The Morgan fingerprint density at radius 3 is 1.94 bits per heavy atom. The number of esters is 1. The molecule has 10 rings (SSSR count). The molecular formula is C57H90O25. The zero-order valence-corrected chi connectivity index (χ0v) is 47.5. The molecular weight excluding hydrogens is 1080 g/mol. The average Bonchev–Trinajstić information content (AvgIpc) is 0.756. The van der Waals surface area contributed by atoms with Gasteiger partial charge in [0.1, 0.15) is 104 Å². The van der Waals surface area contributed by atoms with E-state index < -0.39 is 171 Å². The van der Waals surface area contributed by atoms with Crippen LogP contribution in [0.4, 0.5) is 0 Å². The van der Waals surface area contributed by atoms with Crippen molar-refractivity contribution in [1.82, 2.24) is 0 Å². The highest BCUT2D eigenvalue weighted by Crippen LogP contribution is 2.75. The third-order valence-corrected chi connectivity index (χ3v) is 22.1. The van der Waals surface area contributed by atoms with Crippen molar-refractivity contribution in [2.45, 2.75) is 253 Å². The van der Waals surface area contributed by atoms with Crippen molar-refractivity contribution in [1.29, 1.82) is 0 Å². The minimum absolute atomic E-state index is 0.164. The summed E-state index contributed by atoms with van der Waals surface area (Å²) in [5.41, 5.74) is -0.101. The fourth-order valence-electron chi connectivity index (χ4n) is 16.9. The van der Waals surface area contributed by atoms with Crippen LogP contribution < -0.4 is 0 Å². The molecule has 5 heterocycles. The SMILES string of the molecule is C=C1CC[C@]2(C(=O)O[C@@H]3O[C@H](CO[C@@H]4O[C@H](CO)[C@@H](O[C@@H]5O[C@@H](C)[C@H](O)[C@@H](O)[C@H]5O)[C@H](O)[C@H]4O)[C@@H](O)[C@H](O)[C@H]3O)CC[C@]3(C)C(=CC[C@@H]4[C@@]5(C)CC[C@H](O[C@@H]6OC[C@H](O)[C@H](O)[C@H]6O[C@@H]6OC[C@H](O)[C@@H](O)[C@@H]6O)C(C)(C)[C@@H]5CC[C@]43C)[C@@H]2C1. The maximum atomic E-state index is 15.1. The van der Waals surface area contributed by atoms with Gasteiger partial charge in [-0.2, -0.15) is 0 Å². The second-order valence-electron chi connectivity index (χ2n) is 26.8. The standard InChI is InChI=1S/C57H90O25/c1-23-10-15-57(52(72)82-50-43(70)39(66)37(64)30(78-50)22-75-47-44(71)40(67)45(29(19-58)77-47)80-49-42(69)38(65)34(61)24(2)76-49)17-16-55(6)25(26(57)18-23)8-9-32-54(5)13-12-33(53(3,4)31(54)11-14-56(32,55)7)79-51-46(36(63)28(60)21-74-51)81-48-41(68)35(62)27(59)20-73-48/h8,24,26-51,58-71H,1,9-22H2,2-7H3/t24-,26-,27-,28-,29+,30+,31-,32+,33-,34-,35+,36-,37+,38+,39-,40+,41-,42+,43+,44+,45+,46+,47+,48-,49-,50-,51-,54-,55+,56+,57-/m0/s1. The monoisotopic (exact) mass is 1170 g/mol. The number of hydrogen-bond acceptors (Lipinski definition) is 25. The molecule has 0 bridgehead atoms. The van der Waals surface area contributed by atoms with E-state index in [1.165, 1.54) is 12.5 Å². The van der Waals surface area contributed by atoms with Crippen molar-refractivity contribution in [2.75, 3.05) is 26.4 Å². The van der Waals surface area contributed by atoms with Crippen LogP contribution in [-0.2, 0) is 52.2 Å². The Hall–Kier alpha value is -1.97. The summed E-state index contributed by atoms with van der Waals surface area (Å²) in [5, 5.41) is 150. The van der Waals surface area contributed by atoms with E-state index in [0.717, 1.165) is 31.3 Å². The molecule has 0 spiro atoms. The number of aliphatic hydroxyl groups is 14. The van der Waals surface area contributed by atoms with E-state index in [2.05, 4.69) is 47.3 Å². The third kappa shape index (κ3) is 10.5. The van der Waals surface area contributed by atoms with Crippen LogP contribution in [0.1, 0.15) is 106 Å². The molecule has 468 valence electrons. The molecule has 10 aliphatic rings. The van der Waals surface area contributed by atoms with Gasteiger partial charge < -0.3 is 119 Å². The van der Waals surface area contributed by atoms with E-state index >= 15 is 4.79 Å². The van der Waals surface area contributed by atoms with Crippen molar-refractivity contribution >= 4 is 5.97 Å². The Kier molecular flexibility index (Phi) is 18.1. The first-order valence-corrected chi connectivity index (χ1v) is 29.4. The number of allylic oxidation sites excluding steroid dienone is 3. The molecule has 9 fully saturated rings. The lowest BCUT2D eigenvalue weighted by atomic mass is 9.34. The van der Waals surface area contributed by atoms with E-state index in [9.17, 15) is 71.5 Å². The van der Waals surface area contributed by atoms with Crippen LogP contribution in [0.3, 0.4) is 0 Å². The van der Waals surface area contributed by atoms with Crippen LogP contribution in [0.25, 0.3) is 0 Å². The first-order valence-electron chi connectivity index (χ1n) is 29.4. The van der Waals surface area contributed by atoms with Gasteiger partial charge in [-0.15, -0.1) is 0 Å². The molecule has 25 nitrogen and oxygen atoms in total. The first-order chi connectivity index (χ1) is 38.5. The molecule has 82 heavy (non-hydrogen) atoms. The van der Waals surface area contributed by atoms with Gasteiger partial charge in [0, 0.05) is 5.92 Å². The molecule has 0 aromatic heterocycles. The molecule has 25 heteroatoms. The Morgan fingerprint density at radius 1 is 0.610 bits per heavy atom. The van der Waals surface area contributed by atoms with E-state index in [1.807, 2.05) is 0 Å². The summed E-state index contributed by atoms with van der Waals surface area (Å²) >= 11 is 0. The van der Waals surface area contributed by atoms with Crippen molar-refractivity contribution in [2.24, 2.45) is 44.8 Å². The topological polar surface area (TPSA) is 393 Å². The minimum Gasteiger partial charge on any atom is -0.432 e. The Morgan fingerprint density at radius 2 is 1.23 bits per heavy atom. The maximum Gasteiger partial charge on any atom is 0.315 e. The molecule has 0 radical (unpaired) electrons. The second-order valence-corrected chi connectivity index (χ2v) is 26.8. The van der Waals surface area contributed by atoms with Crippen LogP contribution in [0.2, 0.25) is 0 Å². The van der Waals surface area contributed by atoms with Crippen molar-refractivity contribution < 1.29 is 124 Å². The van der Waals surface area contributed by atoms with Crippen LogP contribution in [-0.4, -0.2) is 251 Å². The second kappa shape index (κ2) is 23.5. The average molecular weight is 1180 g/mol. The first kappa shape index (κ1) is 63.1. The van der Waals surface area contributed by atoms with Crippen LogP contribution in [0, 0.1) is 44.8 Å². The summed E-state index contributed by atoms with van der Waals surface area (Å²) in [6.07, 6.45) is -27.5. The van der Waals surface area contributed by atoms with E-state index in [1.54, 1.807) is 0 Å². The van der Waals surface area contributed by atoms with Gasteiger partial charge in [-0.3, -0.25) is 4.79 Å². The third-order valence-electron chi connectivity index (χ3n) is 22.1. The summed E-state index contributed by atoms with van der Waals surface area (Å²) in [7, 11) is 0. The van der Waals surface area contributed by atoms with Gasteiger partial charge in [0.15, 0.2) is 25.2 Å². The smallest absolute Gasteiger partial charge is 0.315 e. The van der Waals surface area contributed by atoms with E-state index in [0.29, 0.717) is 38.5 Å². The van der Waals surface area contributed by atoms with Crippen LogP contribution in [0.15, 0.2) is 23.8 Å². The van der Waals surface area contributed by atoms with Gasteiger partial charge in [-0.25, -0.2) is 0 Å². The number of rotatable bonds is 12. The predicted molar refractivity (Wildman–Crippen MR) is 277 cm³/mol. The van der Waals surface area contributed by atoms with Gasteiger partial charge >= 0.3 is 5.97 Å². The number of ether oxygens (including phenoxy) is 10. The Balaban J connectivity index is 0.814. The quantitative estimate of drug-likeness (QED) is 0.0551. The van der Waals surface area contributed by atoms with E-state index in [4.69, 9.17) is 47.4 Å². The summed E-state index contributed by atoms with van der Waals surface area (Å²) in [4.78, 5) is 15.1. The summed E-state index contributed by atoms with van der Waals surface area (Å²) in [6.45, 7) is 15.4. The summed E-state index contributed by atoms with van der Waals surface area (Å²) < 4.78 is 59.1. The van der Waals surface area contributed by atoms with Gasteiger partial charge in [0.25, 0.3) is 0 Å². The number of fused-ring (bicyclic) bond motifs is 7. The molecule has 14 N–H and O–H groups in total. The number of hydrogen-bond donors (Lipinski definition) is 14. The van der Waals surface area contributed by atoms with Gasteiger partial charge in [-0.05, 0) is 105 Å². The normalized spacial score (nSPS) is 54.1. The highest BCUT2D eigenvalue weighted by Gasteiger charge is 2.70. The molecule has 5 aliphatic carbocycles. The molecule has 31 atom stereocenters. The molecule has 0 amide bonds. The van der Waals surface area contributed by atoms with Gasteiger partial charge in [0.05, 0.1) is 44.1 Å². The lowest BCUT2D eigenvalue weighted by Crippen LogP contribution is -2.66. The Bertz CT molecular complexity index is 2310. The fraction of sp³-hybridized carbons (Fsp3) is 0.912. The highest BCUT2D eigenvalue weighted by molar-refractivity contribution is 5.79. The summed E-state index contributed by atoms with van der Waals surface area (Å²) in [5.74, 6) is -0.565. The molecule has 0 aromatic carbocycles. The van der Waals surface area contributed by atoms with Gasteiger partial charge in [0.2, 0.25) is 6.29 Å². The van der Waals surface area contributed by atoms with Crippen molar-refractivity contribution in [3.63, 3.8) is 0 Å². The Labute approximate surface area is 476 Å². The molecule has 0 unspecified atom stereocenters. The van der Waals surface area contributed by atoms with Crippen molar-refractivity contribution in [3.8, 4) is 0 Å². The number of carbonyl (C=O) groups is 1.